The Morgan fingerprint density at radius 3 is 2.48 bits per heavy atom. The minimum Gasteiger partial charge on any atom is -0.419 e. The lowest BCUT2D eigenvalue weighted by atomic mass is 10.1. The molecule has 0 saturated carbocycles. The van der Waals surface area contributed by atoms with Crippen LogP contribution in [0.25, 0.3) is 11.5 Å². The molecule has 0 bridgehead atoms. The number of ether oxygens (including phenoxy) is 1. The van der Waals surface area contributed by atoms with E-state index in [-0.39, 0.29) is 23.6 Å². The summed E-state index contributed by atoms with van der Waals surface area (Å²) in [6.45, 7) is 1.61. The maximum atomic E-state index is 14.1. The summed E-state index contributed by atoms with van der Waals surface area (Å²) in [6, 6.07) is 9.64. The molecule has 1 unspecified atom stereocenters. The summed E-state index contributed by atoms with van der Waals surface area (Å²) in [5.41, 5.74) is 11.0. The molecular formula is C22H21F2N5O4. The number of nitrogens with one attached hydrogen (secondary N) is 1. The largest absolute Gasteiger partial charge is 0.419 e. The molecule has 2 heterocycles. The van der Waals surface area contributed by atoms with Crippen LogP contribution in [0.4, 0.5) is 20.4 Å². The van der Waals surface area contributed by atoms with E-state index >= 15 is 0 Å². The Bertz CT molecular complexity index is 1160. The van der Waals surface area contributed by atoms with Crippen molar-refractivity contribution in [1.29, 1.82) is 0 Å². The Labute approximate surface area is 187 Å². The van der Waals surface area contributed by atoms with E-state index in [9.17, 15) is 18.4 Å². The van der Waals surface area contributed by atoms with Crippen LogP contribution in [-0.4, -0.2) is 54.0 Å². The van der Waals surface area contributed by atoms with Crippen molar-refractivity contribution < 1.29 is 27.5 Å². The summed E-state index contributed by atoms with van der Waals surface area (Å²) in [5.74, 6) is -3.53. The van der Waals surface area contributed by atoms with E-state index in [4.69, 9.17) is 20.6 Å². The molecule has 1 saturated heterocycles. The number of nitrogens with two attached hydrogens (primary N) is 2. The van der Waals surface area contributed by atoms with Gasteiger partial charge in [-0.05, 0) is 36.4 Å². The number of hydrogen-bond donors (Lipinski definition) is 3. The van der Waals surface area contributed by atoms with Crippen molar-refractivity contribution in [1.82, 2.24) is 9.88 Å². The van der Waals surface area contributed by atoms with Crippen LogP contribution in [0.3, 0.4) is 0 Å². The number of amides is 2. The van der Waals surface area contributed by atoms with E-state index in [1.54, 1.807) is 29.2 Å². The third-order valence-corrected chi connectivity index (χ3v) is 5.12. The number of carbonyl (C=O) groups excluding carboxylic acids is 2. The molecule has 1 fully saturated rings. The molecule has 11 heteroatoms. The molecule has 0 spiro atoms. The summed E-state index contributed by atoms with van der Waals surface area (Å²) in [6.07, 6.45) is -0.198. The van der Waals surface area contributed by atoms with Gasteiger partial charge < -0.3 is 30.8 Å². The van der Waals surface area contributed by atoms with Gasteiger partial charge in [-0.1, -0.05) is 6.07 Å². The second kappa shape index (κ2) is 9.35. The molecule has 1 aromatic heterocycles. The van der Waals surface area contributed by atoms with Gasteiger partial charge in [0.25, 0.3) is 11.8 Å². The van der Waals surface area contributed by atoms with Crippen LogP contribution in [0.1, 0.15) is 20.8 Å². The molecule has 5 N–H and O–H groups in total. The number of rotatable bonds is 6. The van der Waals surface area contributed by atoms with Gasteiger partial charge in [-0.2, -0.15) is 0 Å². The Kier molecular flexibility index (Phi) is 6.33. The minimum atomic E-state index is -0.946. The van der Waals surface area contributed by atoms with E-state index < -0.39 is 29.0 Å². The van der Waals surface area contributed by atoms with Crippen molar-refractivity contribution in [3.05, 3.63) is 65.4 Å². The zero-order valence-electron chi connectivity index (χ0n) is 17.4. The van der Waals surface area contributed by atoms with Crippen molar-refractivity contribution in [3.8, 4) is 11.5 Å². The average Bonchev–Trinajstić information content (AvgIpc) is 3.22. The Morgan fingerprint density at radius 1 is 1.15 bits per heavy atom. The molecule has 0 radical (unpaired) electrons. The third-order valence-electron chi connectivity index (χ3n) is 5.12. The predicted molar refractivity (Wildman–Crippen MR) is 115 cm³/mol. The first-order chi connectivity index (χ1) is 15.9. The van der Waals surface area contributed by atoms with Crippen molar-refractivity contribution in [2.75, 3.05) is 31.6 Å². The highest BCUT2D eigenvalue weighted by atomic mass is 19.1. The Balaban J connectivity index is 1.55. The molecule has 9 nitrogen and oxygen atoms in total. The van der Waals surface area contributed by atoms with Crippen molar-refractivity contribution >= 4 is 23.4 Å². The first kappa shape index (κ1) is 22.4. The second-order valence-corrected chi connectivity index (χ2v) is 7.34. The van der Waals surface area contributed by atoms with Crippen LogP contribution in [-0.2, 0) is 4.74 Å². The lowest BCUT2D eigenvalue weighted by Gasteiger charge is -2.32. The number of aromatic nitrogens is 1. The van der Waals surface area contributed by atoms with Gasteiger partial charge in [0.15, 0.2) is 5.69 Å². The van der Waals surface area contributed by atoms with Gasteiger partial charge in [0.2, 0.25) is 11.8 Å². The maximum absolute atomic E-state index is 14.1. The fourth-order valence-electron chi connectivity index (χ4n) is 3.44. The number of oxazole rings is 1. The number of halogens is 2. The average molecular weight is 457 g/mol. The first-order valence-corrected chi connectivity index (χ1v) is 10.1. The number of morpholine rings is 1. The number of primary amides is 1. The molecule has 4 rings (SSSR count). The van der Waals surface area contributed by atoms with E-state index in [2.05, 4.69) is 10.3 Å². The van der Waals surface area contributed by atoms with Crippen LogP contribution in [0, 0.1) is 11.6 Å². The van der Waals surface area contributed by atoms with Gasteiger partial charge in [-0.15, -0.1) is 0 Å². The highest BCUT2D eigenvalue weighted by Gasteiger charge is 2.25. The first-order valence-electron chi connectivity index (χ1n) is 10.1. The molecule has 1 atom stereocenters. The van der Waals surface area contributed by atoms with E-state index in [0.717, 1.165) is 12.1 Å². The normalized spacial score (nSPS) is 16.0. The monoisotopic (exact) mass is 457 g/mol. The third kappa shape index (κ3) is 4.69. The van der Waals surface area contributed by atoms with E-state index in [1.165, 1.54) is 6.07 Å². The summed E-state index contributed by atoms with van der Waals surface area (Å²) >= 11 is 0. The zero-order chi connectivity index (χ0) is 23.5. The molecule has 2 amide bonds. The van der Waals surface area contributed by atoms with Gasteiger partial charge in [-0.3, -0.25) is 9.59 Å². The smallest absolute Gasteiger partial charge is 0.273 e. The SMILES string of the molecule is NCC1CN(C(=O)c2ccc(Nc3oc(-c4c(F)cccc4F)nc3C(N)=O)cc2)CCO1. The van der Waals surface area contributed by atoms with Crippen LogP contribution in [0.15, 0.2) is 46.9 Å². The number of carbonyl (C=O) groups is 2. The summed E-state index contributed by atoms with van der Waals surface area (Å²) in [7, 11) is 0. The lowest BCUT2D eigenvalue weighted by molar-refractivity contribution is -0.0167. The molecule has 1 aliphatic heterocycles. The molecule has 3 aromatic rings. The molecule has 172 valence electrons. The van der Waals surface area contributed by atoms with Crippen molar-refractivity contribution in [2.45, 2.75) is 6.10 Å². The number of benzene rings is 2. The topological polar surface area (TPSA) is 137 Å². The van der Waals surface area contributed by atoms with Crippen LogP contribution >= 0.6 is 0 Å². The van der Waals surface area contributed by atoms with E-state index in [1.807, 2.05) is 0 Å². The molecule has 2 aromatic carbocycles. The van der Waals surface area contributed by atoms with Crippen molar-refractivity contribution in [3.63, 3.8) is 0 Å². The van der Waals surface area contributed by atoms with Crippen LogP contribution in [0.5, 0.6) is 0 Å². The highest BCUT2D eigenvalue weighted by Crippen LogP contribution is 2.31. The number of nitrogens with zero attached hydrogens (tertiary/aromatic N) is 2. The van der Waals surface area contributed by atoms with E-state index in [0.29, 0.717) is 37.5 Å². The van der Waals surface area contributed by atoms with Crippen molar-refractivity contribution in [2.24, 2.45) is 11.5 Å². The standard InChI is InChI=1S/C22H21F2N5O4/c23-15-2-1-3-16(24)17(15)20-28-18(19(26)30)21(33-20)27-13-6-4-12(5-7-13)22(31)29-8-9-32-14(10-25)11-29/h1-7,14,27H,8-11,25H2,(H2,26,30). The summed E-state index contributed by atoms with van der Waals surface area (Å²) in [4.78, 5) is 30.1. The predicted octanol–water partition coefficient (Wildman–Crippen LogP) is 2.26. The van der Waals surface area contributed by atoms with Gasteiger partial charge >= 0.3 is 0 Å². The van der Waals surface area contributed by atoms with Gasteiger partial charge in [0.1, 0.15) is 17.2 Å². The Hall–Kier alpha value is -3.83. The highest BCUT2D eigenvalue weighted by molar-refractivity contribution is 5.97. The minimum absolute atomic E-state index is 0.168. The van der Waals surface area contributed by atoms with Gasteiger partial charge in [-0.25, -0.2) is 13.8 Å². The summed E-state index contributed by atoms with van der Waals surface area (Å²) in [5, 5.41) is 2.81. The Morgan fingerprint density at radius 2 is 1.85 bits per heavy atom. The fourth-order valence-corrected chi connectivity index (χ4v) is 3.44. The molecular weight excluding hydrogens is 436 g/mol. The molecule has 1 aliphatic rings. The van der Waals surface area contributed by atoms with Gasteiger partial charge in [0.05, 0.1) is 12.7 Å². The van der Waals surface area contributed by atoms with Crippen LogP contribution < -0.4 is 16.8 Å². The second-order valence-electron chi connectivity index (χ2n) is 7.34. The zero-order valence-corrected chi connectivity index (χ0v) is 17.4. The maximum Gasteiger partial charge on any atom is 0.273 e. The fraction of sp³-hybridized carbons (Fsp3) is 0.227. The van der Waals surface area contributed by atoms with Gasteiger partial charge in [0, 0.05) is 30.9 Å². The lowest BCUT2D eigenvalue weighted by Crippen LogP contribution is -2.48. The number of hydrogen-bond acceptors (Lipinski definition) is 7. The molecule has 33 heavy (non-hydrogen) atoms. The number of anilines is 2. The molecule has 0 aliphatic carbocycles. The summed E-state index contributed by atoms with van der Waals surface area (Å²) < 4.78 is 39.1. The van der Waals surface area contributed by atoms with Crippen LogP contribution in [0.2, 0.25) is 0 Å². The quantitative estimate of drug-likeness (QED) is 0.516.